The van der Waals surface area contributed by atoms with Crippen molar-refractivity contribution in [1.82, 2.24) is 9.88 Å². The highest BCUT2D eigenvalue weighted by molar-refractivity contribution is 5.75. The summed E-state index contributed by atoms with van der Waals surface area (Å²) in [7, 11) is 1.73. The number of pyridine rings is 1. The molecular formula is C13H18N2O3. The van der Waals surface area contributed by atoms with Crippen molar-refractivity contribution in [3.8, 4) is 0 Å². The monoisotopic (exact) mass is 250 g/mol. The van der Waals surface area contributed by atoms with E-state index in [2.05, 4.69) is 4.98 Å². The molecule has 1 heterocycles. The van der Waals surface area contributed by atoms with Crippen LogP contribution in [0.5, 0.6) is 0 Å². The normalized spacial score (nSPS) is 10.1. The molecule has 0 unspecified atom stereocenters. The van der Waals surface area contributed by atoms with Crippen LogP contribution in [0.15, 0.2) is 24.4 Å². The Labute approximate surface area is 106 Å². The second-order valence-corrected chi connectivity index (χ2v) is 4.17. The third kappa shape index (κ3) is 5.43. The van der Waals surface area contributed by atoms with Crippen molar-refractivity contribution >= 4 is 11.9 Å². The van der Waals surface area contributed by atoms with Gasteiger partial charge in [-0.2, -0.15) is 0 Å². The van der Waals surface area contributed by atoms with Crippen LogP contribution in [0.4, 0.5) is 0 Å². The fourth-order valence-corrected chi connectivity index (χ4v) is 1.57. The number of aromatic nitrogens is 1. The lowest BCUT2D eigenvalue weighted by atomic mass is 10.2. The van der Waals surface area contributed by atoms with Crippen molar-refractivity contribution in [2.45, 2.75) is 32.2 Å². The minimum absolute atomic E-state index is 0.0195. The Morgan fingerprint density at radius 2 is 2.00 bits per heavy atom. The van der Waals surface area contributed by atoms with E-state index in [0.29, 0.717) is 25.8 Å². The van der Waals surface area contributed by atoms with Gasteiger partial charge in [0.05, 0.1) is 12.2 Å². The smallest absolute Gasteiger partial charge is 0.303 e. The van der Waals surface area contributed by atoms with E-state index in [1.54, 1.807) is 18.1 Å². The Morgan fingerprint density at radius 3 is 2.61 bits per heavy atom. The molecule has 1 aromatic rings. The Balaban J connectivity index is 2.27. The number of hydrogen-bond donors (Lipinski definition) is 1. The van der Waals surface area contributed by atoms with Crippen LogP contribution in [0.1, 0.15) is 31.4 Å². The Bertz CT molecular complexity index is 392. The minimum Gasteiger partial charge on any atom is -0.481 e. The molecular weight excluding hydrogens is 232 g/mol. The summed E-state index contributed by atoms with van der Waals surface area (Å²) < 4.78 is 0. The first-order chi connectivity index (χ1) is 8.59. The highest BCUT2D eigenvalue weighted by Gasteiger charge is 2.09. The fourth-order valence-electron chi connectivity index (χ4n) is 1.57. The van der Waals surface area contributed by atoms with Gasteiger partial charge in [-0.15, -0.1) is 0 Å². The lowest BCUT2D eigenvalue weighted by Crippen LogP contribution is -2.26. The van der Waals surface area contributed by atoms with Gasteiger partial charge in [0.2, 0.25) is 5.91 Å². The van der Waals surface area contributed by atoms with Crippen LogP contribution in [0.25, 0.3) is 0 Å². The molecule has 0 atom stereocenters. The molecule has 1 rings (SSSR count). The minimum atomic E-state index is -0.815. The van der Waals surface area contributed by atoms with Crippen molar-refractivity contribution in [3.05, 3.63) is 30.1 Å². The van der Waals surface area contributed by atoms with Crippen molar-refractivity contribution in [3.63, 3.8) is 0 Å². The maximum absolute atomic E-state index is 11.7. The molecule has 0 saturated carbocycles. The van der Waals surface area contributed by atoms with E-state index in [1.165, 1.54) is 0 Å². The molecule has 98 valence electrons. The van der Waals surface area contributed by atoms with E-state index in [-0.39, 0.29) is 12.3 Å². The number of carbonyl (C=O) groups excluding carboxylic acids is 1. The summed E-state index contributed by atoms with van der Waals surface area (Å²) in [6.45, 7) is 0.485. The summed E-state index contributed by atoms with van der Waals surface area (Å²) in [4.78, 5) is 27.8. The first kappa shape index (κ1) is 14.2. The van der Waals surface area contributed by atoms with E-state index in [4.69, 9.17) is 5.11 Å². The van der Waals surface area contributed by atoms with Gasteiger partial charge in [-0.3, -0.25) is 14.6 Å². The van der Waals surface area contributed by atoms with Gasteiger partial charge in [0.15, 0.2) is 0 Å². The quantitative estimate of drug-likeness (QED) is 0.747. The van der Waals surface area contributed by atoms with Gasteiger partial charge in [0.25, 0.3) is 0 Å². The summed E-state index contributed by atoms with van der Waals surface area (Å²) in [6, 6.07) is 5.58. The number of carbonyl (C=O) groups is 2. The van der Waals surface area contributed by atoms with Crippen LogP contribution in [0.2, 0.25) is 0 Å². The van der Waals surface area contributed by atoms with Crippen LogP contribution in [-0.4, -0.2) is 33.9 Å². The Morgan fingerprint density at radius 1 is 1.28 bits per heavy atom. The average Bonchev–Trinajstić information content (AvgIpc) is 2.35. The predicted molar refractivity (Wildman–Crippen MR) is 66.8 cm³/mol. The number of unbranched alkanes of at least 4 members (excludes halogenated alkanes) is 1. The average molecular weight is 250 g/mol. The van der Waals surface area contributed by atoms with E-state index >= 15 is 0 Å². The topological polar surface area (TPSA) is 70.5 Å². The lowest BCUT2D eigenvalue weighted by Gasteiger charge is -2.16. The van der Waals surface area contributed by atoms with Crippen molar-refractivity contribution in [2.24, 2.45) is 0 Å². The molecule has 0 spiro atoms. The standard InChI is InChI=1S/C13H18N2O3/c1-15(10-11-6-4-5-9-14-11)12(16)7-2-3-8-13(17)18/h4-6,9H,2-3,7-8,10H2,1H3,(H,17,18). The van der Waals surface area contributed by atoms with E-state index in [1.807, 2.05) is 18.2 Å². The van der Waals surface area contributed by atoms with Crippen LogP contribution < -0.4 is 0 Å². The maximum atomic E-state index is 11.7. The number of hydrogen-bond acceptors (Lipinski definition) is 3. The van der Waals surface area contributed by atoms with Crippen molar-refractivity contribution in [2.75, 3.05) is 7.05 Å². The second kappa shape index (κ2) is 7.42. The number of nitrogens with zero attached hydrogens (tertiary/aromatic N) is 2. The first-order valence-electron chi connectivity index (χ1n) is 5.95. The summed E-state index contributed by atoms with van der Waals surface area (Å²) in [5.74, 6) is -0.796. The molecule has 1 amide bonds. The van der Waals surface area contributed by atoms with Crippen LogP contribution in [0.3, 0.4) is 0 Å². The van der Waals surface area contributed by atoms with Crippen molar-refractivity contribution in [1.29, 1.82) is 0 Å². The molecule has 0 radical (unpaired) electrons. The van der Waals surface area contributed by atoms with E-state index in [9.17, 15) is 9.59 Å². The Kier molecular flexibility index (Phi) is 5.84. The van der Waals surface area contributed by atoms with Gasteiger partial charge in [0, 0.05) is 26.1 Å². The molecule has 0 aliphatic rings. The first-order valence-corrected chi connectivity index (χ1v) is 5.95. The van der Waals surface area contributed by atoms with Gasteiger partial charge in [0.1, 0.15) is 0 Å². The molecule has 0 saturated heterocycles. The number of carboxylic acid groups (broad SMARTS) is 1. The number of carboxylic acids is 1. The fraction of sp³-hybridized carbons (Fsp3) is 0.462. The SMILES string of the molecule is CN(Cc1ccccn1)C(=O)CCCCC(=O)O. The molecule has 18 heavy (non-hydrogen) atoms. The molecule has 0 aromatic carbocycles. The van der Waals surface area contributed by atoms with Gasteiger partial charge in [-0.1, -0.05) is 6.07 Å². The second-order valence-electron chi connectivity index (χ2n) is 4.17. The predicted octanol–water partition coefficient (Wildman–Crippen LogP) is 1.69. The number of rotatable bonds is 7. The summed E-state index contributed by atoms with van der Waals surface area (Å²) in [5.41, 5.74) is 0.846. The van der Waals surface area contributed by atoms with Gasteiger partial charge in [-0.25, -0.2) is 0 Å². The van der Waals surface area contributed by atoms with Crippen LogP contribution >= 0.6 is 0 Å². The largest absolute Gasteiger partial charge is 0.481 e. The zero-order chi connectivity index (χ0) is 13.4. The zero-order valence-electron chi connectivity index (χ0n) is 10.5. The maximum Gasteiger partial charge on any atom is 0.303 e. The molecule has 0 bridgehead atoms. The molecule has 5 nitrogen and oxygen atoms in total. The van der Waals surface area contributed by atoms with Gasteiger partial charge >= 0.3 is 5.97 Å². The molecule has 0 aliphatic carbocycles. The van der Waals surface area contributed by atoms with Gasteiger partial charge < -0.3 is 10.0 Å². The van der Waals surface area contributed by atoms with Crippen LogP contribution in [0, 0.1) is 0 Å². The molecule has 5 heteroatoms. The molecule has 1 aromatic heterocycles. The van der Waals surface area contributed by atoms with Crippen LogP contribution in [-0.2, 0) is 16.1 Å². The van der Waals surface area contributed by atoms with Crippen molar-refractivity contribution < 1.29 is 14.7 Å². The molecule has 0 fully saturated rings. The molecule has 1 N–H and O–H groups in total. The third-order valence-corrected chi connectivity index (χ3v) is 2.58. The van der Waals surface area contributed by atoms with E-state index in [0.717, 1.165) is 5.69 Å². The summed E-state index contributed by atoms with van der Waals surface area (Å²) in [5, 5.41) is 8.48. The Hall–Kier alpha value is -1.91. The number of aliphatic carboxylic acids is 1. The molecule has 0 aliphatic heterocycles. The van der Waals surface area contributed by atoms with Gasteiger partial charge in [-0.05, 0) is 25.0 Å². The summed E-state index contributed by atoms with van der Waals surface area (Å²) >= 11 is 0. The lowest BCUT2D eigenvalue weighted by molar-refractivity contribution is -0.137. The third-order valence-electron chi connectivity index (χ3n) is 2.58. The van der Waals surface area contributed by atoms with E-state index < -0.39 is 5.97 Å². The number of amides is 1. The highest BCUT2D eigenvalue weighted by Crippen LogP contribution is 2.05. The zero-order valence-corrected chi connectivity index (χ0v) is 10.5. The summed E-state index contributed by atoms with van der Waals surface area (Å²) in [6.07, 6.45) is 3.35. The highest BCUT2D eigenvalue weighted by atomic mass is 16.4.